The van der Waals surface area contributed by atoms with E-state index in [0.717, 1.165) is 5.56 Å². The van der Waals surface area contributed by atoms with E-state index < -0.39 is 0 Å². The molecule has 2 aromatic rings. The molecule has 1 unspecified atom stereocenters. The highest BCUT2D eigenvalue weighted by molar-refractivity contribution is 5.34. The largest absolute Gasteiger partial charge is 0.494 e. The molecular formula is C15H17FN2O. The van der Waals surface area contributed by atoms with Crippen LogP contribution in [0.3, 0.4) is 0 Å². The Morgan fingerprint density at radius 3 is 2.79 bits per heavy atom. The Bertz CT molecular complexity index is 531. The third-order valence-corrected chi connectivity index (χ3v) is 3.10. The van der Waals surface area contributed by atoms with E-state index in [2.05, 4.69) is 10.3 Å². The normalized spacial score (nSPS) is 12.2. The van der Waals surface area contributed by atoms with Gasteiger partial charge in [0.05, 0.1) is 7.11 Å². The molecule has 0 aliphatic rings. The molecule has 0 aliphatic carbocycles. The predicted octanol–water partition coefficient (Wildman–Crippen LogP) is 2.73. The second-order valence-electron chi connectivity index (χ2n) is 4.27. The third kappa shape index (κ3) is 3.09. The summed E-state index contributed by atoms with van der Waals surface area (Å²) in [6.07, 6.45) is 4.20. The van der Waals surface area contributed by atoms with E-state index in [1.54, 1.807) is 30.6 Å². The summed E-state index contributed by atoms with van der Waals surface area (Å²) in [6, 6.07) is 8.94. The minimum atomic E-state index is -0.312. The molecule has 1 aromatic carbocycles. The second kappa shape index (κ2) is 6.29. The number of likely N-dealkylation sites (N-methyl/N-ethyl adjacent to an activating group) is 1. The minimum absolute atomic E-state index is 0.112. The molecule has 100 valence electrons. The van der Waals surface area contributed by atoms with Crippen molar-refractivity contribution in [2.75, 3.05) is 14.2 Å². The molecule has 0 amide bonds. The highest BCUT2D eigenvalue weighted by Crippen LogP contribution is 2.26. The molecule has 2 rings (SSSR count). The SMILES string of the molecule is CNC(Cc1cccnc1)c1cccc(OC)c1F. The Morgan fingerprint density at radius 2 is 2.16 bits per heavy atom. The van der Waals surface area contributed by atoms with Gasteiger partial charge in [0.15, 0.2) is 11.6 Å². The van der Waals surface area contributed by atoms with Gasteiger partial charge < -0.3 is 10.1 Å². The summed E-state index contributed by atoms with van der Waals surface area (Å²) in [6.45, 7) is 0. The Kier molecular flexibility index (Phi) is 4.47. The first-order chi connectivity index (χ1) is 9.26. The van der Waals surface area contributed by atoms with Crippen LogP contribution in [0.2, 0.25) is 0 Å². The van der Waals surface area contributed by atoms with Crippen molar-refractivity contribution in [1.82, 2.24) is 10.3 Å². The molecule has 1 aromatic heterocycles. The van der Waals surface area contributed by atoms with Crippen LogP contribution in [0.4, 0.5) is 4.39 Å². The lowest BCUT2D eigenvalue weighted by molar-refractivity contribution is 0.380. The van der Waals surface area contributed by atoms with Crippen molar-refractivity contribution in [2.24, 2.45) is 0 Å². The Morgan fingerprint density at radius 1 is 1.32 bits per heavy atom. The van der Waals surface area contributed by atoms with E-state index in [0.29, 0.717) is 12.0 Å². The average Bonchev–Trinajstić information content (AvgIpc) is 2.46. The molecule has 1 heterocycles. The van der Waals surface area contributed by atoms with Crippen molar-refractivity contribution in [3.63, 3.8) is 0 Å². The number of hydrogen-bond acceptors (Lipinski definition) is 3. The minimum Gasteiger partial charge on any atom is -0.494 e. The molecule has 0 bridgehead atoms. The van der Waals surface area contributed by atoms with E-state index in [4.69, 9.17) is 4.74 Å². The standard InChI is InChI=1S/C15H17FN2O/c1-17-13(9-11-5-4-8-18-10-11)12-6-3-7-14(19-2)15(12)16/h3-8,10,13,17H,9H2,1-2H3. The van der Waals surface area contributed by atoms with Gasteiger partial charge in [-0.1, -0.05) is 18.2 Å². The maximum Gasteiger partial charge on any atom is 0.169 e. The van der Waals surface area contributed by atoms with Crippen LogP contribution in [-0.2, 0) is 6.42 Å². The lowest BCUT2D eigenvalue weighted by Crippen LogP contribution is -2.20. The zero-order valence-corrected chi connectivity index (χ0v) is 11.1. The number of ether oxygens (including phenoxy) is 1. The summed E-state index contributed by atoms with van der Waals surface area (Å²) in [5.74, 6) is -0.0443. The zero-order valence-electron chi connectivity index (χ0n) is 11.1. The van der Waals surface area contributed by atoms with Gasteiger partial charge in [0.2, 0.25) is 0 Å². The van der Waals surface area contributed by atoms with Gasteiger partial charge in [0.25, 0.3) is 0 Å². The maximum absolute atomic E-state index is 14.2. The van der Waals surface area contributed by atoms with Crippen molar-refractivity contribution < 1.29 is 9.13 Å². The number of nitrogens with zero attached hydrogens (tertiary/aromatic N) is 1. The number of nitrogens with one attached hydrogen (secondary N) is 1. The fraction of sp³-hybridized carbons (Fsp3) is 0.267. The lowest BCUT2D eigenvalue weighted by Gasteiger charge is -2.18. The van der Waals surface area contributed by atoms with Gasteiger partial charge in [0.1, 0.15) is 0 Å². The number of pyridine rings is 1. The first-order valence-corrected chi connectivity index (χ1v) is 6.14. The van der Waals surface area contributed by atoms with Crippen LogP contribution in [0, 0.1) is 5.82 Å². The van der Waals surface area contributed by atoms with E-state index in [-0.39, 0.29) is 17.6 Å². The average molecular weight is 260 g/mol. The summed E-state index contributed by atoms with van der Waals surface area (Å²) >= 11 is 0. The van der Waals surface area contributed by atoms with Crippen molar-refractivity contribution in [2.45, 2.75) is 12.5 Å². The number of rotatable bonds is 5. The van der Waals surface area contributed by atoms with E-state index >= 15 is 0 Å². The first-order valence-electron chi connectivity index (χ1n) is 6.14. The van der Waals surface area contributed by atoms with E-state index in [1.165, 1.54) is 7.11 Å². The van der Waals surface area contributed by atoms with Crippen LogP contribution in [0.25, 0.3) is 0 Å². The second-order valence-corrected chi connectivity index (χ2v) is 4.27. The predicted molar refractivity (Wildman–Crippen MR) is 72.7 cm³/mol. The van der Waals surface area contributed by atoms with Crippen molar-refractivity contribution >= 4 is 0 Å². The molecule has 0 radical (unpaired) electrons. The van der Waals surface area contributed by atoms with Crippen LogP contribution in [-0.4, -0.2) is 19.1 Å². The molecule has 0 saturated heterocycles. The topological polar surface area (TPSA) is 34.2 Å². The molecule has 0 saturated carbocycles. The van der Waals surface area contributed by atoms with Crippen molar-refractivity contribution in [3.05, 3.63) is 59.7 Å². The molecular weight excluding hydrogens is 243 g/mol. The summed E-state index contributed by atoms with van der Waals surface area (Å²) in [4.78, 5) is 4.08. The van der Waals surface area contributed by atoms with E-state index in [1.807, 2.05) is 19.2 Å². The van der Waals surface area contributed by atoms with E-state index in [9.17, 15) is 4.39 Å². The van der Waals surface area contributed by atoms with Gasteiger partial charge in [0, 0.05) is 24.0 Å². The molecule has 3 nitrogen and oxygen atoms in total. The molecule has 0 fully saturated rings. The van der Waals surface area contributed by atoms with Crippen LogP contribution >= 0.6 is 0 Å². The van der Waals surface area contributed by atoms with Crippen LogP contribution < -0.4 is 10.1 Å². The quantitative estimate of drug-likeness (QED) is 0.897. The number of benzene rings is 1. The molecule has 1 atom stereocenters. The van der Waals surface area contributed by atoms with Crippen molar-refractivity contribution in [1.29, 1.82) is 0 Å². The monoisotopic (exact) mass is 260 g/mol. The lowest BCUT2D eigenvalue weighted by atomic mass is 9.99. The highest BCUT2D eigenvalue weighted by Gasteiger charge is 2.17. The Labute approximate surface area is 112 Å². The van der Waals surface area contributed by atoms with Gasteiger partial charge in [-0.15, -0.1) is 0 Å². The fourth-order valence-corrected chi connectivity index (χ4v) is 2.08. The van der Waals surface area contributed by atoms with Gasteiger partial charge >= 0.3 is 0 Å². The number of hydrogen-bond donors (Lipinski definition) is 1. The molecule has 0 aliphatic heterocycles. The number of aromatic nitrogens is 1. The summed E-state index contributed by atoms with van der Waals surface area (Å²) < 4.78 is 19.2. The third-order valence-electron chi connectivity index (χ3n) is 3.10. The number of methoxy groups -OCH3 is 1. The zero-order chi connectivity index (χ0) is 13.7. The Balaban J connectivity index is 2.27. The van der Waals surface area contributed by atoms with Crippen molar-refractivity contribution in [3.8, 4) is 5.75 Å². The van der Waals surface area contributed by atoms with Crippen LogP contribution in [0.15, 0.2) is 42.7 Å². The smallest absolute Gasteiger partial charge is 0.169 e. The molecule has 1 N–H and O–H groups in total. The van der Waals surface area contributed by atoms with Crippen LogP contribution in [0.1, 0.15) is 17.2 Å². The summed E-state index contributed by atoms with van der Waals surface area (Å²) in [7, 11) is 3.29. The first kappa shape index (κ1) is 13.5. The molecule has 0 spiro atoms. The molecule has 4 heteroatoms. The number of halogens is 1. The maximum atomic E-state index is 14.2. The molecule has 19 heavy (non-hydrogen) atoms. The van der Waals surface area contributed by atoms with Gasteiger partial charge in [-0.2, -0.15) is 0 Å². The summed E-state index contributed by atoms with van der Waals surface area (Å²) in [5, 5.41) is 3.14. The van der Waals surface area contributed by atoms with Gasteiger partial charge in [-0.25, -0.2) is 4.39 Å². The van der Waals surface area contributed by atoms with Gasteiger partial charge in [-0.3, -0.25) is 4.98 Å². The Hall–Kier alpha value is -1.94. The van der Waals surface area contributed by atoms with Gasteiger partial charge in [-0.05, 0) is 31.2 Å². The highest BCUT2D eigenvalue weighted by atomic mass is 19.1. The summed E-state index contributed by atoms with van der Waals surface area (Å²) in [5.41, 5.74) is 1.66. The fourth-order valence-electron chi connectivity index (χ4n) is 2.08. The van der Waals surface area contributed by atoms with Crippen LogP contribution in [0.5, 0.6) is 5.75 Å².